The summed E-state index contributed by atoms with van der Waals surface area (Å²) in [5.74, 6) is -0.397. The number of benzene rings is 2. The molecule has 5 atom stereocenters. The second-order valence-electron chi connectivity index (χ2n) is 8.55. The van der Waals surface area contributed by atoms with Gasteiger partial charge in [0, 0.05) is 12.1 Å². The zero-order valence-electron chi connectivity index (χ0n) is 19.7. The molecule has 2 amide bonds. The highest BCUT2D eigenvalue weighted by Crippen LogP contribution is 2.14. The van der Waals surface area contributed by atoms with Gasteiger partial charge in [0.15, 0.2) is 0 Å². The Kier molecular flexibility index (Phi) is 10.9. The number of amides is 2. The zero-order chi connectivity index (χ0) is 24.2. The smallest absolute Gasteiger partial charge is 0.407 e. The van der Waals surface area contributed by atoms with E-state index in [1.165, 1.54) is 7.11 Å². The molecule has 0 aromatic heterocycles. The average Bonchev–Trinajstić information content (AvgIpc) is 2.82. The lowest BCUT2D eigenvalue weighted by atomic mass is 9.93. The number of nitrogens with one attached hydrogen (secondary N) is 2. The fourth-order valence-corrected chi connectivity index (χ4v) is 3.76. The third kappa shape index (κ3) is 8.86. The molecule has 0 fully saturated rings. The summed E-state index contributed by atoms with van der Waals surface area (Å²) in [6, 6.07) is 18.0. The van der Waals surface area contributed by atoms with Crippen molar-refractivity contribution >= 4 is 12.0 Å². The molecule has 0 saturated carbocycles. The van der Waals surface area contributed by atoms with Crippen LogP contribution in [0.5, 0.6) is 0 Å². The third-order valence-electron chi connectivity index (χ3n) is 5.96. The molecule has 0 aliphatic carbocycles. The summed E-state index contributed by atoms with van der Waals surface area (Å²) >= 11 is 0. The molecule has 7 nitrogen and oxygen atoms in total. The number of nitrogens with two attached hydrogens (primary N) is 1. The van der Waals surface area contributed by atoms with Crippen molar-refractivity contribution < 1.29 is 19.4 Å². The predicted octanol–water partition coefficient (Wildman–Crippen LogP) is 2.81. The molecule has 0 heterocycles. The molecule has 2 aromatic rings. The lowest BCUT2D eigenvalue weighted by Crippen LogP contribution is -2.54. The molecule has 180 valence electrons. The van der Waals surface area contributed by atoms with Crippen LogP contribution in [0.25, 0.3) is 0 Å². The SMILES string of the molecule is CC[C@H](C)[C@H](NC(=O)OC)C(=O)N[C@@H](Cc1ccccc1)C[C@H](O)[C@@H](N)Cc1ccccc1. The van der Waals surface area contributed by atoms with Gasteiger partial charge in [0.05, 0.1) is 13.2 Å². The van der Waals surface area contributed by atoms with Gasteiger partial charge >= 0.3 is 6.09 Å². The van der Waals surface area contributed by atoms with Gasteiger partial charge in [-0.1, -0.05) is 80.9 Å². The molecule has 7 heteroatoms. The highest BCUT2D eigenvalue weighted by atomic mass is 16.5. The normalized spacial score (nSPS) is 15.5. The summed E-state index contributed by atoms with van der Waals surface area (Å²) in [5.41, 5.74) is 8.38. The minimum absolute atomic E-state index is 0.0910. The molecule has 0 aliphatic rings. The van der Waals surface area contributed by atoms with E-state index in [1.807, 2.05) is 74.5 Å². The van der Waals surface area contributed by atoms with E-state index in [2.05, 4.69) is 10.6 Å². The molecule has 0 saturated heterocycles. The number of rotatable bonds is 12. The maximum atomic E-state index is 13.1. The lowest BCUT2D eigenvalue weighted by Gasteiger charge is -2.29. The van der Waals surface area contributed by atoms with Crippen molar-refractivity contribution in [2.45, 2.75) is 63.8 Å². The Balaban J connectivity index is 2.13. The summed E-state index contributed by atoms with van der Waals surface area (Å²) < 4.78 is 4.69. The highest BCUT2D eigenvalue weighted by molar-refractivity contribution is 5.86. The quantitative estimate of drug-likeness (QED) is 0.393. The van der Waals surface area contributed by atoms with Gasteiger partial charge in [0.1, 0.15) is 6.04 Å². The summed E-state index contributed by atoms with van der Waals surface area (Å²) in [4.78, 5) is 24.9. The first-order chi connectivity index (χ1) is 15.8. The summed E-state index contributed by atoms with van der Waals surface area (Å²) in [6.45, 7) is 3.86. The minimum Gasteiger partial charge on any atom is -0.453 e. The van der Waals surface area contributed by atoms with Gasteiger partial charge in [0.25, 0.3) is 0 Å². The predicted molar refractivity (Wildman–Crippen MR) is 130 cm³/mol. The number of hydrogen-bond donors (Lipinski definition) is 4. The van der Waals surface area contributed by atoms with Crippen LogP contribution in [0, 0.1) is 5.92 Å². The van der Waals surface area contributed by atoms with Gasteiger partial charge in [-0.15, -0.1) is 0 Å². The van der Waals surface area contributed by atoms with Gasteiger partial charge < -0.3 is 26.2 Å². The first-order valence-electron chi connectivity index (χ1n) is 11.5. The Morgan fingerprint density at radius 1 is 0.970 bits per heavy atom. The van der Waals surface area contributed by atoms with Crippen LogP contribution in [0.2, 0.25) is 0 Å². The topological polar surface area (TPSA) is 114 Å². The Morgan fingerprint density at radius 3 is 2.03 bits per heavy atom. The second kappa shape index (κ2) is 13.6. The lowest BCUT2D eigenvalue weighted by molar-refractivity contribution is -0.125. The summed E-state index contributed by atoms with van der Waals surface area (Å²) in [6.07, 6.45) is 0.603. The average molecular weight is 456 g/mol. The monoisotopic (exact) mass is 455 g/mol. The van der Waals surface area contributed by atoms with E-state index in [0.29, 0.717) is 25.7 Å². The fraction of sp³-hybridized carbons (Fsp3) is 0.462. The molecule has 0 bridgehead atoms. The van der Waals surface area contributed by atoms with Crippen LogP contribution in [0.15, 0.2) is 60.7 Å². The fourth-order valence-electron chi connectivity index (χ4n) is 3.76. The van der Waals surface area contributed by atoms with Crippen LogP contribution < -0.4 is 16.4 Å². The number of aliphatic hydroxyl groups is 1. The number of carbonyl (C=O) groups is 2. The van der Waals surface area contributed by atoms with Gasteiger partial charge in [-0.2, -0.15) is 0 Å². The largest absolute Gasteiger partial charge is 0.453 e. The summed E-state index contributed by atoms with van der Waals surface area (Å²) in [5, 5.41) is 16.5. The van der Waals surface area contributed by atoms with Crippen LogP contribution >= 0.6 is 0 Å². The van der Waals surface area contributed by atoms with Crippen molar-refractivity contribution in [3.8, 4) is 0 Å². The van der Waals surface area contributed by atoms with Crippen molar-refractivity contribution in [2.75, 3.05) is 7.11 Å². The second-order valence-corrected chi connectivity index (χ2v) is 8.55. The standard InChI is InChI=1S/C26H37N3O4/c1-4-18(2)24(29-26(32)33-3)25(31)28-21(15-19-11-7-5-8-12-19)17-23(30)22(27)16-20-13-9-6-10-14-20/h5-14,18,21-24,30H,4,15-17,27H2,1-3H3,(H,28,31)(H,29,32)/t18-,21-,22-,23-,24-/m0/s1. The maximum Gasteiger partial charge on any atom is 0.407 e. The highest BCUT2D eigenvalue weighted by Gasteiger charge is 2.29. The molecule has 2 rings (SSSR count). The zero-order valence-corrected chi connectivity index (χ0v) is 19.7. The van der Waals surface area contributed by atoms with E-state index >= 15 is 0 Å². The Labute approximate surface area is 196 Å². The summed E-state index contributed by atoms with van der Waals surface area (Å²) in [7, 11) is 1.27. The first kappa shape index (κ1) is 26.4. The van der Waals surface area contributed by atoms with E-state index in [9.17, 15) is 14.7 Å². The maximum absolute atomic E-state index is 13.1. The number of hydrogen-bond acceptors (Lipinski definition) is 5. The molecule has 33 heavy (non-hydrogen) atoms. The molecule has 0 unspecified atom stereocenters. The van der Waals surface area contributed by atoms with Crippen LogP contribution in [0.3, 0.4) is 0 Å². The van der Waals surface area contributed by atoms with Gasteiger partial charge in [-0.25, -0.2) is 4.79 Å². The minimum atomic E-state index is -0.810. The number of ether oxygens (including phenoxy) is 1. The molecular weight excluding hydrogens is 418 g/mol. The number of methoxy groups -OCH3 is 1. The van der Waals surface area contributed by atoms with Crippen LogP contribution in [-0.2, 0) is 22.4 Å². The van der Waals surface area contributed by atoms with E-state index in [4.69, 9.17) is 10.5 Å². The van der Waals surface area contributed by atoms with Crippen molar-refractivity contribution in [3.63, 3.8) is 0 Å². The third-order valence-corrected chi connectivity index (χ3v) is 5.96. The van der Waals surface area contributed by atoms with E-state index < -0.39 is 24.3 Å². The Morgan fingerprint density at radius 2 is 1.52 bits per heavy atom. The molecule has 0 aliphatic heterocycles. The molecule has 0 radical (unpaired) electrons. The number of aliphatic hydroxyl groups excluding tert-OH is 1. The number of carbonyl (C=O) groups excluding carboxylic acids is 2. The van der Waals surface area contributed by atoms with Crippen LogP contribution in [-0.4, -0.2) is 48.4 Å². The van der Waals surface area contributed by atoms with Crippen molar-refractivity contribution in [3.05, 3.63) is 71.8 Å². The first-order valence-corrected chi connectivity index (χ1v) is 11.5. The Bertz CT molecular complexity index is 847. The Hall–Kier alpha value is -2.90. The number of alkyl carbamates (subject to hydrolysis) is 1. The van der Waals surface area contributed by atoms with Crippen LogP contribution in [0.4, 0.5) is 4.79 Å². The van der Waals surface area contributed by atoms with Crippen molar-refractivity contribution in [2.24, 2.45) is 11.7 Å². The van der Waals surface area contributed by atoms with Gasteiger partial charge in [-0.3, -0.25) is 4.79 Å². The van der Waals surface area contributed by atoms with Crippen LogP contribution in [0.1, 0.15) is 37.8 Å². The van der Waals surface area contributed by atoms with Gasteiger partial charge in [-0.05, 0) is 36.3 Å². The van der Waals surface area contributed by atoms with E-state index in [1.54, 1.807) is 0 Å². The molecule has 2 aromatic carbocycles. The molecular formula is C26H37N3O4. The van der Waals surface area contributed by atoms with Crippen molar-refractivity contribution in [1.82, 2.24) is 10.6 Å². The molecule has 5 N–H and O–H groups in total. The van der Waals surface area contributed by atoms with E-state index in [-0.39, 0.29) is 17.9 Å². The van der Waals surface area contributed by atoms with Crippen molar-refractivity contribution in [1.29, 1.82) is 0 Å². The van der Waals surface area contributed by atoms with E-state index in [0.717, 1.165) is 11.1 Å². The van der Waals surface area contributed by atoms with Gasteiger partial charge in [0.2, 0.25) is 5.91 Å². The molecule has 0 spiro atoms.